The predicted molar refractivity (Wildman–Crippen MR) is 127 cm³/mol. The van der Waals surface area contributed by atoms with Gasteiger partial charge in [-0.3, -0.25) is 4.79 Å². The first-order valence-electron chi connectivity index (χ1n) is 12.0. The number of hydrogen-bond donors (Lipinski definition) is 2. The van der Waals surface area contributed by atoms with Gasteiger partial charge in [0.15, 0.2) is 0 Å². The highest BCUT2D eigenvalue weighted by Gasteiger charge is 2.40. The molecule has 0 bridgehead atoms. The topological polar surface area (TPSA) is 82.8 Å². The lowest BCUT2D eigenvalue weighted by molar-refractivity contribution is -0.120. The number of carboxylic acid groups (broad SMARTS) is 1. The van der Waals surface area contributed by atoms with Crippen LogP contribution in [0.15, 0.2) is 36.4 Å². The van der Waals surface area contributed by atoms with Gasteiger partial charge in [-0.2, -0.15) is 0 Å². The number of hydrogen-bond acceptors (Lipinski definition) is 3. The zero-order valence-electron chi connectivity index (χ0n) is 18.6. The van der Waals surface area contributed by atoms with Crippen LogP contribution in [0.3, 0.4) is 0 Å². The van der Waals surface area contributed by atoms with E-state index in [9.17, 15) is 19.8 Å². The Bertz CT molecular complexity index is 1290. The number of aryl methyl sites for hydroxylation is 1. The van der Waals surface area contributed by atoms with E-state index < -0.39 is 11.9 Å². The van der Waals surface area contributed by atoms with Gasteiger partial charge in [-0.25, -0.2) is 4.79 Å². The number of para-hydroxylation sites is 1. The highest BCUT2D eigenvalue weighted by molar-refractivity contribution is 6.10. The van der Waals surface area contributed by atoms with Crippen molar-refractivity contribution in [3.8, 4) is 11.3 Å². The predicted octanol–water partition coefficient (Wildman–Crippen LogP) is 4.88. The summed E-state index contributed by atoms with van der Waals surface area (Å²) in [6.07, 6.45) is 6.69. The molecule has 6 nitrogen and oxygen atoms in total. The average Bonchev–Trinajstić information content (AvgIpc) is 3.28. The molecule has 1 aliphatic carbocycles. The van der Waals surface area contributed by atoms with Gasteiger partial charge < -0.3 is 19.7 Å². The molecule has 1 fully saturated rings. The molecule has 0 spiro atoms. The van der Waals surface area contributed by atoms with E-state index in [0.717, 1.165) is 59.2 Å². The van der Waals surface area contributed by atoms with Gasteiger partial charge >= 0.3 is 5.97 Å². The average molecular weight is 445 g/mol. The number of aromatic nitrogens is 1. The summed E-state index contributed by atoms with van der Waals surface area (Å²) >= 11 is 0. The molecular formula is C27H28N2O4. The Morgan fingerprint density at radius 2 is 1.85 bits per heavy atom. The van der Waals surface area contributed by atoms with Crippen molar-refractivity contribution in [2.75, 3.05) is 18.1 Å². The number of amides is 1. The number of aromatic carboxylic acids is 1. The van der Waals surface area contributed by atoms with Crippen molar-refractivity contribution in [3.05, 3.63) is 53.1 Å². The first-order valence-corrected chi connectivity index (χ1v) is 12.0. The lowest BCUT2D eigenvalue weighted by Crippen LogP contribution is -2.32. The van der Waals surface area contributed by atoms with Crippen molar-refractivity contribution in [2.45, 2.75) is 56.9 Å². The molecule has 0 unspecified atom stereocenters. The minimum atomic E-state index is -0.916. The maximum atomic E-state index is 13.2. The van der Waals surface area contributed by atoms with Crippen molar-refractivity contribution >= 4 is 28.5 Å². The summed E-state index contributed by atoms with van der Waals surface area (Å²) in [7, 11) is 0. The standard InChI is InChI=1S/C27H28N2O4/c30-15-21-18-8-4-9-20-24(18)29(26(21)31)13-5-12-28-22-14-17(27(32)33)10-11-19(22)23(25(20)28)16-6-2-1-3-7-16/h4,8-11,14,16,21,30H,1-3,5-7,12-13,15H2,(H,32,33)/t21-/m0/s1. The number of aliphatic hydroxyl groups excluding tert-OH is 1. The van der Waals surface area contributed by atoms with Gasteiger partial charge in [-0.15, -0.1) is 0 Å². The van der Waals surface area contributed by atoms with Gasteiger partial charge in [-0.1, -0.05) is 43.5 Å². The van der Waals surface area contributed by atoms with Gasteiger partial charge in [0.2, 0.25) is 5.91 Å². The Hall–Kier alpha value is -3.12. The maximum absolute atomic E-state index is 13.2. The minimum Gasteiger partial charge on any atom is -0.478 e. The number of aliphatic hydroxyl groups is 1. The SMILES string of the molecule is O=C(O)c1ccc2c(C3CCCCC3)c3n(c2c1)CCCN1C(=O)[C@@H](CO)c2cccc-3c21. The van der Waals surface area contributed by atoms with Crippen LogP contribution in [-0.4, -0.2) is 39.8 Å². The molecule has 2 aromatic carbocycles. The first kappa shape index (κ1) is 20.5. The molecule has 6 heteroatoms. The molecule has 6 rings (SSSR count). The Labute approximate surface area is 192 Å². The fraction of sp³-hybridized carbons (Fsp3) is 0.407. The largest absolute Gasteiger partial charge is 0.478 e. The second-order valence-electron chi connectivity index (χ2n) is 9.61. The maximum Gasteiger partial charge on any atom is 0.335 e. The van der Waals surface area contributed by atoms with Crippen molar-refractivity contribution < 1.29 is 19.8 Å². The highest BCUT2D eigenvalue weighted by Crippen LogP contribution is 2.50. The Kier molecular flexibility index (Phi) is 4.80. The van der Waals surface area contributed by atoms with E-state index in [2.05, 4.69) is 10.6 Å². The highest BCUT2D eigenvalue weighted by atomic mass is 16.4. The number of carbonyl (C=O) groups excluding carboxylic acids is 1. The number of carbonyl (C=O) groups is 2. The van der Waals surface area contributed by atoms with Crippen LogP contribution in [0.2, 0.25) is 0 Å². The Morgan fingerprint density at radius 3 is 2.61 bits per heavy atom. The fourth-order valence-electron chi connectivity index (χ4n) is 6.39. The summed E-state index contributed by atoms with van der Waals surface area (Å²) in [5.41, 5.74) is 6.57. The molecule has 1 atom stereocenters. The van der Waals surface area contributed by atoms with E-state index in [-0.39, 0.29) is 12.5 Å². The van der Waals surface area contributed by atoms with E-state index in [1.807, 2.05) is 29.2 Å². The summed E-state index contributed by atoms with van der Waals surface area (Å²) in [4.78, 5) is 26.8. The molecule has 1 amide bonds. The number of anilines is 1. The van der Waals surface area contributed by atoms with Gasteiger partial charge in [0.1, 0.15) is 0 Å². The van der Waals surface area contributed by atoms with E-state index in [1.54, 1.807) is 6.07 Å². The van der Waals surface area contributed by atoms with E-state index in [0.29, 0.717) is 18.0 Å². The third kappa shape index (κ3) is 2.97. The second-order valence-corrected chi connectivity index (χ2v) is 9.61. The van der Waals surface area contributed by atoms with Crippen molar-refractivity contribution in [1.29, 1.82) is 0 Å². The molecule has 3 aliphatic rings. The summed E-state index contributed by atoms with van der Waals surface area (Å²) in [6.45, 7) is 1.13. The van der Waals surface area contributed by atoms with Gasteiger partial charge in [0, 0.05) is 29.6 Å². The lowest BCUT2D eigenvalue weighted by atomic mass is 9.81. The third-order valence-corrected chi connectivity index (χ3v) is 7.84. The summed E-state index contributed by atoms with van der Waals surface area (Å²) in [6, 6.07) is 11.6. The normalized spacial score (nSPS) is 20.5. The molecule has 3 heterocycles. The van der Waals surface area contributed by atoms with Crippen molar-refractivity contribution in [3.63, 3.8) is 0 Å². The van der Waals surface area contributed by atoms with E-state index >= 15 is 0 Å². The zero-order valence-corrected chi connectivity index (χ0v) is 18.6. The third-order valence-electron chi connectivity index (χ3n) is 7.84. The molecule has 0 radical (unpaired) electrons. The van der Waals surface area contributed by atoms with Crippen LogP contribution in [0, 0.1) is 0 Å². The molecule has 170 valence electrons. The van der Waals surface area contributed by atoms with Gasteiger partial charge in [0.25, 0.3) is 0 Å². The Morgan fingerprint density at radius 1 is 1.03 bits per heavy atom. The van der Waals surface area contributed by atoms with Crippen molar-refractivity contribution in [1.82, 2.24) is 4.57 Å². The van der Waals surface area contributed by atoms with Gasteiger partial charge in [-0.05, 0) is 48.4 Å². The molecule has 2 aliphatic heterocycles. The molecule has 1 saturated carbocycles. The van der Waals surface area contributed by atoms with Crippen LogP contribution >= 0.6 is 0 Å². The first-order chi connectivity index (χ1) is 16.1. The number of nitrogens with zero attached hydrogens (tertiary/aromatic N) is 2. The summed E-state index contributed by atoms with van der Waals surface area (Å²) in [5.74, 6) is -1.02. The molecule has 2 N–H and O–H groups in total. The molecular weight excluding hydrogens is 416 g/mol. The van der Waals surface area contributed by atoms with Crippen LogP contribution < -0.4 is 4.90 Å². The van der Waals surface area contributed by atoms with Crippen LogP contribution in [0.4, 0.5) is 5.69 Å². The number of benzene rings is 2. The summed E-state index contributed by atoms with van der Waals surface area (Å²) < 4.78 is 2.30. The minimum absolute atomic E-state index is 0.0168. The molecule has 3 aromatic rings. The van der Waals surface area contributed by atoms with E-state index in [1.165, 1.54) is 24.8 Å². The molecule has 33 heavy (non-hydrogen) atoms. The Balaban J connectivity index is 1.69. The quantitative estimate of drug-likeness (QED) is 0.603. The smallest absolute Gasteiger partial charge is 0.335 e. The zero-order chi connectivity index (χ0) is 22.7. The van der Waals surface area contributed by atoms with Crippen LogP contribution in [0.5, 0.6) is 0 Å². The second kappa shape index (κ2) is 7.73. The summed E-state index contributed by atoms with van der Waals surface area (Å²) in [5, 5.41) is 20.8. The lowest BCUT2D eigenvalue weighted by Gasteiger charge is -2.28. The van der Waals surface area contributed by atoms with Crippen LogP contribution in [0.1, 0.15) is 71.8 Å². The monoisotopic (exact) mass is 444 g/mol. The van der Waals surface area contributed by atoms with Gasteiger partial charge in [0.05, 0.1) is 29.5 Å². The van der Waals surface area contributed by atoms with Crippen LogP contribution in [0.25, 0.3) is 22.2 Å². The fourth-order valence-corrected chi connectivity index (χ4v) is 6.39. The number of rotatable bonds is 3. The van der Waals surface area contributed by atoms with Crippen LogP contribution in [-0.2, 0) is 11.3 Å². The molecule has 0 saturated heterocycles. The number of fused-ring (bicyclic) bond motifs is 4. The van der Waals surface area contributed by atoms with Crippen molar-refractivity contribution in [2.24, 2.45) is 0 Å². The number of carboxylic acids is 1. The van der Waals surface area contributed by atoms with E-state index in [4.69, 9.17) is 0 Å². The molecule has 1 aromatic heterocycles.